The minimum absolute atomic E-state index is 0.00466. The summed E-state index contributed by atoms with van der Waals surface area (Å²) in [6, 6.07) is 14.6. The van der Waals surface area contributed by atoms with E-state index in [2.05, 4.69) is 16.7 Å². The number of alkyl carbamates (subject to hydrolysis) is 1. The maximum absolute atomic E-state index is 14.0. The molecule has 2 aromatic rings. The molecule has 0 aromatic heterocycles. The van der Waals surface area contributed by atoms with Gasteiger partial charge in [0.1, 0.15) is 17.7 Å². The normalized spacial score (nSPS) is 12.3. The third-order valence-electron chi connectivity index (χ3n) is 5.90. The summed E-state index contributed by atoms with van der Waals surface area (Å²) in [6.45, 7) is 10.7. The Hall–Kier alpha value is -4.32. The smallest absolute Gasteiger partial charge is 0.408 e. The number of hydrogen-bond acceptors (Lipinski definition) is 6. The van der Waals surface area contributed by atoms with Crippen molar-refractivity contribution in [2.45, 2.75) is 72.1 Å². The number of aryl methyl sites for hydroxylation is 2. The van der Waals surface area contributed by atoms with E-state index in [1.807, 2.05) is 62.4 Å². The Balaban J connectivity index is 2.48. The molecule has 0 spiro atoms. The highest BCUT2D eigenvalue weighted by Gasteiger charge is 2.37. The van der Waals surface area contributed by atoms with Gasteiger partial charge in [0.15, 0.2) is 0 Å². The van der Waals surface area contributed by atoms with Crippen LogP contribution in [0.1, 0.15) is 62.4 Å². The van der Waals surface area contributed by atoms with Gasteiger partial charge in [-0.05, 0) is 63.8 Å². The quantitative estimate of drug-likeness (QED) is 0.249. The minimum atomic E-state index is -1.22. The molecule has 214 valence electrons. The summed E-state index contributed by atoms with van der Waals surface area (Å²) < 4.78 is 10.3. The van der Waals surface area contributed by atoms with Crippen LogP contribution in [0.3, 0.4) is 0 Å². The Labute approximate surface area is 236 Å². The molecule has 3 amide bonds. The second-order valence-corrected chi connectivity index (χ2v) is 10.3. The highest BCUT2D eigenvalue weighted by atomic mass is 16.6. The van der Waals surface area contributed by atoms with E-state index >= 15 is 0 Å². The van der Waals surface area contributed by atoms with E-state index in [4.69, 9.17) is 15.9 Å². The molecule has 0 radical (unpaired) electrons. The zero-order valence-electron chi connectivity index (χ0n) is 24.1. The van der Waals surface area contributed by atoms with E-state index in [1.165, 1.54) is 0 Å². The third kappa shape index (κ3) is 9.45. The number of esters is 1. The molecule has 2 N–H and O–H groups in total. The van der Waals surface area contributed by atoms with Gasteiger partial charge in [-0.15, -0.1) is 0 Å². The summed E-state index contributed by atoms with van der Waals surface area (Å²) in [5, 5.41) is 5.36. The maximum atomic E-state index is 14.0. The summed E-state index contributed by atoms with van der Waals surface area (Å²) in [7, 11) is 0. The Morgan fingerprint density at radius 1 is 1.00 bits per heavy atom. The largest absolute Gasteiger partial charge is 0.466 e. The molecule has 0 aliphatic carbocycles. The lowest BCUT2D eigenvalue weighted by Crippen LogP contribution is -2.52. The number of rotatable bonds is 11. The van der Waals surface area contributed by atoms with E-state index in [1.54, 1.807) is 27.7 Å². The molecule has 0 aliphatic rings. The molecule has 9 heteroatoms. The van der Waals surface area contributed by atoms with E-state index in [0.717, 1.165) is 21.6 Å². The zero-order valence-corrected chi connectivity index (χ0v) is 24.1. The van der Waals surface area contributed by atoms with Gasteiger partial charge in [0.2, 0.25) is 5.91 Å². The average Bonchev–Trinajstić information content (AvgIpc) is 2.87. The molecule has 2 atom stereocenters. The van der Waals surface area contributed by atoms with Crippen molar-refractivity contribution in [3.63, 3.8) is 0 Å². The lowest BCUT2D eigenvalue weighted by atomic mass is 9.93. The molecule has 0 bridgehead atoms. The second kappa shape index (κ2) is 14.7. The molecular weight excluding hydrogens is 510 g/mol. The number of terminal acetylenes is 1. The Bertz CT molecular complexity index is 1210. The fourth-order valence-corrected chi connectivity index (χ4v) is 4.19. The van der Waals surface area contributed by atoms with Crippen LogP contribution in [0.5, 0.6) is 0 Å². The number of carbonyl (C=O) groups excluding carboxylic acids is 4. The minimum Gasteiger partial charge on any atom is -0.466 e. The van der Waals surface area contributed by atoms with Crippen molar-refractivity contribution < 1.29 is 28.7 Å². The summed E-state index contributed by atoms with van der Waals surface area (Å²) in [4.78, 5) is 53.2. The van der Waals surface area contributed by atoms with Gasteiger partial charge in [0.25, 0.3) is 5.91 Å². The predicted molar refractivity (Wildman–Crippen MR) is 152 cm³/mol. The van der Waals surface area contributed by atoms with Crippen LogP contribution in [0.2, 0.25) is 0 Å². The first kappa shape index (κ1) is 31.9. The van der Waals surface area contributed by atoms with E-state index in [0.29, 0.717) is 5.56 Å². The van der Waals surface area contributed by atoms with Crippen LogP contribution in [0, 0.1) is 26.3 Å². The first-order valence-electron chi connectivity index (χ1n) is 13.2. The van der Waals surface area contributed by atoms with Crippen molar-refractivity contribution in [1.29, 1.82) is 0 Å². The summed E-state index contributed by atoms with van der Waals surface area (Å²) in [6.07, 6.45) is 5.17. The predicted octanol–water partition coefficient (Wildman–Crippen LogP) is 3.97. The lowest BCUT2D eigenvalue weighted by molar-refractivity contribution is -0.143. The standard InChI is InChI=1S/C31H39N3O6/c1-8-34(29(37)24(20-23-16-11-10-12-17-23)33-30(38)40-31(5,6)7)27(26-21(3)14-13-15-22(26)4)28(36)32-19-18-25(35)39-9-2/h1,10-17,24,27H,9,18-20H2,2-7H3,(H,32,36)(H,33,38). The van der Waals surface area contributed by atoms with Gasteiger partial charge in [-0.1, -0.05) is 55.0 Å². The number of carbonyl (C=O) groups is 4. The molecule has 0 aliphatic heterocycles. The SMILES string of the molecule is C#CN(C(=O)C(Cc1ccccc1)NC(=O)OC(C)(C)C)C(C(=O)NCCC(=O)OCC)c1c(C)cccc1C. The van der Waals surface area contributed by atoms with Gasteiger partial charge in [-0.2, -0.15) is 0 Å². The van der Waals surface area contributed by atoms with Crippen molar-refractivity contribution in [1.82, 2.24) is 15.5 Å². The lowest BCUT2D eigenvalue weighted by Gasteiger charge is -2.32. The first-order chi connectivity index (χ1) is 18.9. The number of benzene rings is 2. The third-order valence-corrected chi connectivity index (χ3v) is 5.90. The number of nitrogens with one attached hydrogen (secondary N) is 2. The molecule has 9 nitrogen and oxygen atoms in total. The Morgan fingerprint density at radius 2 is 1.62 bits per heavy atom. The topological polar surface area (TPSA) is 114 Å². The van der Waals surface area contributed by atoms with Crippen LogP contribution in [0.25, 0.3) is 0 Å². The van der Waals surface area contributed by atoms with E-state index in [-0.39, 0.29) is 26.0 Å². The maximum Gasteiger partial charge on any atom is 0.408 e. The Morgan fingerprint density at radius 3 is 2.17 bits per heavy atom. The number of ether oxygens (including phenoxy) is 2. The van der Waals surface area contributed by atoms with Crippen LogP contribution < -0.4 is 10.6 Å². The van der Waals surface area contributed by atoms with Crippen LogP contribution >= 0.6 is 0 Å². The molecule has 2 aromatic carbocycles. The molecule has 0 saturated heterocycles. The number of nitrogens with zero attached hydrogens (tertiary/aromatic N) is 1. The highest BCUT2D eigenvalue weighted by Crippen LogP contribution is 2.28. The number of amides is 3. The van der Waals surface area contributed by atoms with Crippen molar-refractivity contribution in [2.24, 2.45) is 0 Å². The van der Waals surface area contributed by atoms with Gasteiger partial charge in [0.05, 0.1) is 13.0 Å². The Kier molecular flexibility index (Phi) is 11.7. The van der Waals surface area contributed by atoms with Crippen LogP contribution in [0.4, 0.5) is 4.79 Å². The second-order valence-electron chi connectivity index (χ2n) is 10.3. The number of hydrogen-bond donors (Lipinski definition) is 2. The molecule has 0 fully saturated rings. The molecule has 0 saturated carbocycles. The van der Waals surface area contributed by atoms with Crippen molar-refractivity contribution in [2.75, 3.05) is 13.2 Å². The summed E-state index contributed by atoms with van der Waals surface area (Å²) >= 11 is 0. The van der Waals surface area contributed by atoms with Gasteiger partial charge in [-0.25, -0.2) is 4.79 Å². The summed E-state index contributed by atoms with van der Waals surface area (Å²) in [5.74, 6) is -1.69. The first-order valence-corrected chi connectivity index (χ1v) is 13.2. The summed E-state index contributed by atoms with van der Waals surface area (Å²) in [5.41, 5.74) is 2.03. The van der Waals surface area contributed by atoms with Gasteiger partial charge in [-0.3, -0.25) is 19.3 Å². The molecular formula is C31H39N3O6. The average molecular weight is 550 g/mol. The zero-order chi connectivity index (χ0) is 29.9. The van der Waals surface area contributed by atoms with Crippen LogP contribution in [0.15, 0.2) is 48.5 Å². The van der Waals surface area contributed by atoms with Gasteiger partial charge >= 0.3 is 12.1 Å². The van der Waals surface area contributed by atoms with E-state index < -0.39 is 41.6 Å². The van der Waals surface area contributed by atoms with Crippen molar-refractivity contribution >= 4 is 23.9 Å². The van der Waals surface area contributed by atoms with Gasteiger partial charge in [0, 0.05) is 19.0 Å². The highest BCUT2D eigenvalue weighted by molar-refractivity contribution is 5.94. The fraction of sp³-hybridized carbons (Fsp3) is 0.419. The van der Waals surface area contributed by atoms with Crippen LogP contribution in [-0.2, 0) is 30.3 Å². The monoisotopic (exact) mass is 549 g/mol. The molecule has 0 heterocycles. The van der Waals surface area contributed by atoms with Crippen molar-refractivity contribution in [3.05, 3.63) is 70.8 Å². The molecule has 2 unspecified atom stereocenters. The van der Waals surface area contributed by atoms with Crippen LogP contribution in [-0.4, -0.2) is 53.6 Å². The van der Waals surface area contributed by atoms with E-state index in [9.17, 15) is 19.2 Å². The van der Waals surface area contributed by atoms with Gasteiger partial charge < -0.3 is 20.1 Å². The molecule has 40 heavy (non-hydrogen) atoms. The fourth-order valence-electron chi connectivity index (χ4n) is 4.19. The molecule has 2 rings (SSSR count). The van der Waals surface area contributed by atoms with Crippen molar-refractivity contribution in [3.8, 4) is 12.5 Å².